The van der Waals surface area contributed by atoms with Crippen molar-refractivity contribution in [3.8, 4) is 5.75 Å². The van der Waals surface area contributed by atoms with Gasteiger partial charge in [-0.1, -0.05) is 50.2 Å². The molecule has 2 N–H and O–H groups in total. The third-order valence-electron chi connectivity index (χ3n) is 4.13. The van der Waals surface area contributed by atoms with Crippen molar-refractivity contribution >= 4 is 23.2 Å². The molecule has 0 aliphatic carbocycles. The van der Waals surface area contributed by atoms with Crippen molar-refractivity contribution in [3.05, 3.63) is 65.2 Å². The van der Waals surface area contributed by atoms with Gasteiger partial charge in [-0.3, -0.25) is 4.79 Å². The van der Waals surface area contributed by atoms with E-state index in [1.807, 2.05) is 62.4 Å². The number of amides is 1. The van der Waals surface area contributed by atoms with Crippen molar-refractivity contribution in [1.82, 2.24) is 10.6 Å². The van der Waals surface area contributed by atoms with Crippen molar-refractivity contribution in [2.75, 3.05) is 6.61 Å². The van der Waals surface area contributed by atoms with Gasteiger partial charge in [0.15, 0.2) is 11.7 Å². The molecule has 26 heavy (non-hydrogen) atoms. The number of rotatable bonds is 6. The zero-order chi connectivity index (χ0) is 19.1. The molecule has 0 saturated heterocycles. The molecule has 1 atom stereocenters. The predicted octanol–water partition coefficient (Wildman–Crippen LogP) is 4.25. The number of hydrogen-bond donors (Lipinski definition) is 2. The molecular weight excluding hydrogens is 344 g/mol. The van der Waals surface area contributed by atoms with E-state index in [2.05, 4.69) is 24.5 Å². The summed E-state index contributed by atoms with van der Waals surface area (Å²) >= 11 is 5.21. The molecule has 0 heterocycles. The number of benzene rings is 2. The summed E-state index contributed by atoms with van der Waals surface area (Å²) < 4.78 is 5.57. The van der Waals surface area contributed by atoms with Crippen molar-refractivity contribution in [3.63, 3.8) is 0 Å². The van der Waals surface area contributed by atoms with E-state index >= 15 is 0 Å². The maximum atomic E-state index is 12.0. The average molecular weight is 371 g/mol. The van der Waals surface area contributed by atoms with Gasteiger partial charge in [0.1, 0.15) is 5.75 Å². The van der Waals surface area contributed by atoms with Gasteiger partial charge in [0.05, 0.1) is 6.04 Å². The van der Waals surface area contributed by atoms with E-state index in [0.29, 0.717) is 16.8 Å². The number of ether oxygens (including phenoxy) is 1. The number of thiocarbonyl (C=S) groups is 1. The van der Waals surface area contributed by atoms with E-state index in [1.165, 1.54) is 5.56 Å². The molecule has 138 valence electrons. The molecule has 0 aliphatic rings. The largest absolute Gasteiger partial charge is 0.484 e. The highest BCUT2D eigenvalue weighted by atomic mass is 32.1. The third kappa shape index (κ3) is 5.85. The summed E-state index contributed by atoms with van der Waals surface area (Å²) in [6.45, 7) is 8.26. The first-order valence-corrected chi connectivity index (χ1v) is 9.16. The number of nitrogens with one attached hydrogen (secondary N) is 2. The van der Waals surface area contributed by atoms with E-state index in [1.54, 1.807) is 0 Å². The second-order valence-electron chi connectivity index (χ2n) is 6.62. The van der Waals surface area contributed by atoms with Crippen LogP contribution >= 0.6 is 12.2 Å². The molecule has 1 unspecified atom stereocenters. The van der Waals surface area contributed by atoms with E-state index < -0.39 is 0 Å². The Bertz CT molecular complexity index is 760. The Morgan fingerprint density at radius 2 is 1.81 bits per heavy atom. The lowest BCUT2D eigenvalue weighted by Gasteiger charge is -2.17. The Hall–Kier alpha value is -2.40. The van der Waals surface area contributed by atoms with Crippen LogP contribution in [0.2, 0.25) is 0 Å². The highest BCUT2D eigenvalue weighted by Crippen LogP contribution is 2.23. The topological polar surface area (TPSA) is 50.4 Å². The first kappa shape index (κ1) is 19.9. The molecule has 2 aromatic carbocycles. The maximum Gasteiger partial charge on any atom is 0.264 e. The summed E-state index contributed by atoms with van der Waals surface area (Å²) in [5.74, 6) is 0.856. The van der Waals surface area contributed by atoms with Crippen molar-refractivity contribution < 1.29 is 9.53 Å². The molecule has 0 aliphatic heterocycles. The fourth-order valence-corrected chi connectivity index (χ4v) is 3.05. The van der Waals surface area contributed by atoms with Gasteiger partial charge in [0.25, 0.3) is 5.91 Å². The molecular formula is C21H26N2O2S. The average Bonchev–Trinajstić information content (AvgIpc) is 2.60. The number of hydrogen-bond acceptors (Lipinski definition) is 3. The van der Waals surface area contributed by atoms with Gasteiger partial charge in [-0.15, -0.1) is 0 Å². The van der Waals surface area contributed by atoms with Gasteiger partial charge >= 0.3 is 0 Å². The highest BCUT2D eigenvalue weighted by Gasteiger charge is 2.10. The van der Waals surface area contributed by atoms with E-state index in [9.17, 15) is 4.79 Å². The molecule has 0 aromatic heterocycles. The Morgan fingerprint density at radius 3 is 2.42 bits per heavy atom. The summed E-state index contributed by atoms with van der Waals surface area (Å²) in [6.07, 6.45) is 0. The van der Waals surface area contributed by atoms with Gasteiger partial charge in [-0.05, 0) is 60.8 Å². The second kappa shape index (κ2) is 9.34. The second-order valence-corrected chi connectivity index (χ2v) is 7.02. The smallest absolute Gasteiger partial charge is 0.264 e. The SMILES string of the molecule is Cc1cc(OCC(=O)NC(=S)NC(C)c2ccccc2)ccc1C(C)C. The molecule has 0 bridgehead atoms. The Labute approximate surface area is 161 Å². The van der Waals surface area contributed by atoms with Crippen LogP contribution in [0.4, 0.5) is 0 Å². The minimum atomic E-state index is -0.284. The Balaban J connectivity index is 1.81. The summed E-state index contributed by atoms with van der Waals surface area (Å²) in [7, 11) is 0. The molecule has 2 aromatic rings. The Kier molecular flexibility index (Phi) is 7.16. The standard InChI is InChI=1S/C21H26N2O2S/c1-14(2)19-11-10-18(12-15(19)3)25-13-20(24)23-21(26)22-16(4)17-8-6-5-7-9-17/h5-12,14,16H,13H2,1-4H3,(H2,22,23,24,26). The quantitative estimate of drug-likeness (QED) is 0.747. The number of carbonyl (C=O) groups is 1. The van der Waals surface area contributed by atoms with Crippen LogP contribution in [-0.2, 0) is 4.79 Å². The van der Waals surface area contributed by atoms with Gasteiger partial charge < -0.3 is 15.4 Å². The maximum absolute atomic E-state index is 12.0. The predicted molar refractivity (Wildman–Crippen MR) is 109 cm³/mol. The zero-order valence-corrected chi connectivity index (χ0v) is 16.5. The number of aryl methyl sites for hydroxylation is 1. The van der Waals surface area contributed by atoms with Crippen LogP contribution in [-0.4, -0.2) is 17.6 Å². The molecule has 0 spiro atoms. The summed E-state index contributed by atoms with van der Waals surface area (Å²) in [4.78, 5) is 12.0. The fourth-order valence-electron chi connectivity index (χ4n) is 2.76. The van der Waals surface area contributed by atoms with E-state index in [0.717, 1.165) is 11.1 Å². The first-order chi connectivity index (χ1) is 12.4. The zero-order valence-electron chi connectivity index (χ0n) is 15.7. The van der Waals surface area contributed by atoms with Crippen molar-refractivity contribution in [2.24, 2.45) is 0 Å². The molecule has 2 rings (SSSR count). The van der Waals surface area contributed by atoms with Gasteiger partial charge in [-0.2, -0.15) is 0 Å². The summed E-state index contributed by atoms with van der Waals surface area (Å²) in [5.41, 5.74) is 3.54. The fraction of sp³-hybridized carbons (Fsp3) is 0.333. The van der Waals surface area contributed by atoms with E-state index in [4.69, 9.17) is 17.0 Å². The van der Waals surface area contributed by atoms with Crippen molar-refractivity contribution in [1.29, 1.82) is 0 Å². The van der Waals surface area contributed by atoms with Crippen LogP contribution in [0, 0.1) is 6.92 Å². The lowest BCUT2D eigenvalue weighted by molar-refractivity contribution is -0.121. The monoisotopic (exact) mass is 370 g/mol. The molecule has 0 saturated carbocycles. The lowest BCUT2D eigenvalue weighted by Crippen LogP contribution is -2.42. The van der Waals surface area contributed by atoms with Gasteiger partial charge in [0.2, 0.25) is 0 Å². The minimum absolute atomic E-state index is 0.0103. The normalized spacial score (nSPS) is 11.7. The first-order valence-electron chi connectivity index (χ1n) is 8.75. The van der Waals surface area contributed by atoms with Crippen LogP contribution in [0.1, 0.15) is 49.4 Å². The molecule has 4 nitrogen and oxygen atoms in total. The number of carbonyl (C=O) groups excluding carboxylic acids is 1. The van der Waals surface area contributed by atoms with Crippen LogP contribution in [0.25, 0.3) is 0 Å². The van der Waals surface area contributed by atoms with Crippen LogP contribution in [0.3, 0.4) is 0 Å². The molecule has 0 fully saturated rings. The Morgan fingerprint density at radius 1 is 1.12 bits per heavy atom. The molecule has 5 heteroatoms. The van der Waals surface area contributed by atoms with Crippen LogP contribution in [0.5, 0.6) is 5.75 Å². The summed E-state index contributed by atoms with van der Waals surface area (Å²) in [5, 5.41) is 6.04. The van der Waals surface area contributed by atoms with Crippen LogP contribution < -0.4 is 15.4 Å². The lowest BCUT2D eigenvalue weighted by atomic mass is 9.98. The van der Waals surface area contributed by atoms with Crippen molar-refractivity contribution in [2.45, 2.75) is 39.7 Å². The minimum Gasteiger partial charge on any atom is -0.484 e. The third-order valence-corrected chi connectivity index (χ3v) is 4.35. The van der Waals surface area contributed by atoms with Gasteiger partial charge in [-0.25, -0.2) is 0 Å². The van der Waals surface area contributed by atoms with Gasteiger partial charge in [0, 0.05) is 0 Å². The summed E-state index contributed by atoms with van der Waals surface area (Å²) in [6, 6.07) is 15.8. The van der Waals surface area contributed by atoms with E-state index in [-0.39, 0.29) is 18.6 Å². The highest BCUT2D eigenvalue weighted by molar-refractivity contribution is 7.80. The molecule has 0 radical (unpaired) electrons. The molecule has 1 amide bonds. The van der Waals surface area contributed by atoms with Crippen LogP contribution in [0.15, 0.2) is 48.5 Å².